The third kappa shape index (κ3) is 5.26. The molecule has 0 aliphatic carbocycles. The second-order valence-corrected chi connectivity index (χ2v) is 7.39. The van der Waals surface area contributed by atoms with Crippen LogP contribution >= 0.6 is 0 Å². The van der Waals surface area contributed by atoms with Gasteiger partial charge in [0.2, 0.25) is 0 Å². The summed E-state index contributed by atoms with van der Waals surface area (Å²) in [6.07, 6.45) is 2.24. The van der Waals surface area contributed by atoms with Crippen LogP contribution in [0.1, 0.15) is 30.1 Å². The molecule has 28 heavy (non-hydrogen) atoms. The van der Waals surface area contributed by atoms with E-state index < -0.39 is 0 Å². The van der Waals surface area contributed by atoms with Gasteiger partial charge in [0.25, 0.3) is 5.91 Å². The van der Waals surface area contributed by atoms with Gasteiger partial charge in [-0.15, -0.1) is 0 Å². The number of hydrogen-bond donors (Lipinski definition) is 1. The Kier molecular flexibility index (Phi) is 7.31. The molecule has 0 bridgehead atoms. The number of carbonyl (C=O) groups excluding carboxylic acids is 1. The van der Waals surface area contributed by atoms with Crippen molar-refractivity contribution in [2.75, 3.05) is 55.6 Å². The van der Waals surface area contributed by atoms with Gasteiger partial charge in [-0.1, -0.05) is 43.7 Å². The Labute approximate surface area is 168 Å². The topological polar surface area (TPSA) is 52.8 Å². The molecule has 0 unspecified atom stereocenters. The van der Waals surface area contributed by atoms with Crippen molar-refractivity contribution in [1.29, 1.82) is 0 Å². The Hall–Kier alpha value is -2.53. The van der Waals surface area contributed by atoms with E-state index in [1.54, 1.807) is 0 Å². The molecule has 150 valence electrons. The Morgan fingerprint density at radius 1 is 0.964 bits per heavy atom. The molecule has 5 nitrogen and oxygen atoms in total. The van der Waals surface area contributed by atoms with Gasteiger partial charge in [-0.3, -0.25) is 9.69 Å². The lowest BCUT2D eigenvalue weighted by molar-refractivity contribution is 0.100. The molecule has 3 rings (SSSR count). The number of carbonyl (C=O) groups is 1. The summed E-state index contributed by atoms with van der Waals surface area (Å²) in [4.78, 5) is 19.2. The number of hydrogen-bond acceptors (Lipinski definition) is 4. The van der Waals surface area contributed by atoms with Crippen LogP contribution in [0.15, 0.2) is 54.6 Å². The molecule has 0 atom stereocenters. The molecule has 2 aromatic carbocycles. The van der Waals surface area contributed by atoms with Gasteiger partial charge in [-0.25, -0.2) is 0 Å². The van der Waals surface area contributed by atoms with Gasteiger partial charge in [0.05, 0.1) is 5.56 Å². The minimum absolute atomic E-state index is 0.353. The SMILES string of the molecule is CCCCN(CCN1CCN(c2ccccc2)CC1)c1ccccc1C(N)=O. The molecule has 1 saturated heterocycles. The molecule has 0 radical (unpaired) electrons. The number of benzene rings is 2. The largest absolute Gasteiger partial charge is 0.370 e. The standard InChI is InChI=1S/C23H32N4O/c1-2-3-13-27(22-12-8-7-11-21(22)23(24)28)19-16-25-14-17-26(18-15-25)20-9-5-4-6-10-20/h4-12H,2-3,13-19H2,1H3,(H2,24,28). The van der Waals surface area contributed by atoms with Crippen molar-refractivity contribution in [3.05, 3.63) is 60.2 Å². The summed E-state index contributed by atoms with van der Waals surface area (Å²) in [6.45, 7) is 9.29. The van der Waals surface area contributed by atoms with E-state index >= 15 is 0 Å². The molecule has 5 heteroatoms. The predicted octanol–water partition coefficient (Wildman–Crippen LogP) is 3.21. The highest BCUT2D eigenvalue weighted by Gasteiger charge is 2.19. The summed E-state index contributed by atoms with van der Waals surface area (Å²) in [5, 5.41) is 0. The molecule has 0 spiro atoms. The molecule has 1 amide bonds. The highest BCUT2D eigenvalue weighted by Crippen LogP contribution is 2.21. The van der Waals surface area contributed by atoms with Gasteiger partial charge >= 0.3 is 0 Å². The molecule has 1 aliphatic rings. The Morgan fingerprint density at radius 3 is 2.32 bits per heavy atom. The molecular weight excluding hydrogens is 348 g/mol. The first-order valence-electron chi connectivity index (χ1n) is 10.3. The molecule has 1 aliphatic heterocycles. The predicted molar refractivity (Wildman–Crippen MR) is 117 cm³/mol. The van der Waals surface area contributed by atoms with Crippen molar-refractivity contribution in [3.8, 4) is 0 Å². The molecule has 0 aromatic heterocycles. The van der Waals surface area contributed by atoms with Crippen LogP contribution in [0.5, 0.6) is 0 Å². The van der Waals surface area contributed by atoms with Crippen LogP contribution in [0.4, 0.5) is 11.4 Å². The molecule has 1 heterocycles. The third-order valence-corrected chi connectivity index (χ3v) is 5.47. The first-order valence-corrected chi connectivity index (χ1v) is 10.3. The fourth-order valence-electron chi connectivity index (χ4n) is 3.79. The number of para-hydroxylation sites is 2. The van der Waals surface area contributed by atoms with Crippen LogP contribution in [-0.2, 0) is 0 Å². The number of primary amides is 1. The maximum absolute atomic E-state index is 11.9. The maximum atomic E-state index is 11.9. The van der Waals surface area contributed by atoms with Crippen molar-refractivity contribution >= 4 is 17.3 Å². The second-order valence-electron chi connectivity index (χ2n) is 7.39. The Morgan fingerprint density at radius 2 is 1.64 bits per heavy atom. The monoisotopic (exact) mass is 380 g/mol. The lowest BCUT2D eigenvalue weighted by atomic mass is 10.1. The average molecular weight is 381 g/mol. The Balaban J connectivity index is 1.58. The second kappa shape index (κ2) is 10.1. The fraction of sp³-hybridized carbons (Fsp3) is 0.435. The summed E-state index contributed by atoms with van der Waals surface area (Å²) in [6, 6.07) is 18.3. The van der Waals surface area contributed by atoms with Gasteiger partial charge in [0.15, 0.2) is 0 Å². The lowest BCUT2D eigenvalue weighted by Crippen LogP contribution is -2.48. The Bertz CT molecular complexity index is 741. The van der Waals surface area contributed by atoms with E-state index in [1.165, 1.54) is 5.69 Å². The summed E-state index contributed by atoms with van der Waals surface area (Å²) >= 11 is 0. The van der Waals surface area contributed by atoms with Crippen LogP contribution in [-0.4, -0.2) is 56.6 Å². The summed E-state index contributed by atoms with van der Waals surface area (Å²) in [7, 11) is 0. The van der Waals surface area contributed by atoms with Crippen molar-refractivity contribution in [2.24, 2.45) is 5.73 Å². The number of nitrogens with zero attached hydrogens (tertiary/aromatic N) is 3. The number of anilines is 2. The quantitative estimate of drug-likeness (QED) is 0.726. The van der Waals surface area contributed by atoms with E-state index in [0.717, 1.165) is 64.3 Å². The molecule has 2 N–H and O–H groups in total. The van der Waals surface area contributed by atoms with E-state index in [0.29, 0.717) is 5.56 Å². The highest BCUT2D eigenvalue weighted by molar-refractivity contribution is 5.98. The van der Waals surface area contributed by atoms with E-state index in [1.807, 2.05) is 24.3 Å². The molecule has 2 aromatic rings. The van der Waals surface area contributed by atoms with Crippen molar-refractivity contribution in [2.45, 2.75) is 19.8 Å². The maximum Gasteiger partial charge on any atom is 0.250 e. The van der Waals surface area contributed by atoms with Crippen LogP contribution in [0.3, 0.4) is 0 Å². The van der Waals surface area contributed by atoms with E-state index in [2.05, 4.69) is 52.0 Å². The summed E-state index contributed by atoms with van der Waals surface area (Å²) in [5.41, 5.74) is 8.50. The van der Waals surface area contributed by atoms with Crippen molar-refractivity contribution in [1.82, 2.24) is 4.90 Å². The van der Waals surface area contributed by atoms with Crippen molar-refractivity contribution in [3.63, 3.8) is 0 Å². The zero-order valence-electron chi connectivity index (χ0n) is 16.9. The fourth-order valence-corrected chi connectivity index (χ4v) is 3.79. The highest BCUT2D eigenvalue weighted by atomic mass is 16.1. The van der Waals surface area contributed by atoms with Gasteiger partial charge < -0.3 is 15.5 Å². The zero-order chi connectivity index (χ0) is 19.8. The van der Waals surface area contributed by atoms with Gasteiger partial charge in [0.1, 0.15) is 0 Å². The molecular formula is C23H32N4O. The minimum atomic E-state index is -0.353. The van der Waals surface area contributed by atoms with Crippen LogP contribution < -0.4 is 15.5 Å². The average Bonchev–Trinajstić information content (AvgIpc) is 2.75. The van der Waals surface area contributed by atoms with Gasteiger partial charge in [-0.05, 0) is 30.7 Å². The first-order chi connectivity index (χ1) is 13.7. The number of rotatable bonds is 9. The van der Waals surface area contributed by atoms with Crippen molar-refractivity contribution < 1.29 is 4.79 Å². The van der Waals surface area contributed by atoms with Gasteiger partial charge in [0, 0.05) is 57.2 Å². The number of unbranched alkanes of at least 4 members (excludes halogenated alkanes) is 1. The minimum Gasteiger partial charge on any atom is -0.370 e. The van der Waals surface area contributed by atoms with Crippen LogP contribution in [0.2, 0.25) is 0 Å². The zero-order valence-corrected chi connectivity index (χ0v) is 16.9. The van der Waals surface area contributed by atoms with Crippen LogP contribution in [0.25, 0.3) is 0 Å². The van der Waals surface area contributed by atoms with E-state index in [-0.39, 0.29) is 5.91 Å². The summed E-state index contributed by atoms with van der Waals surface area (Å²) in [5.74, 6) is -0.353. The smallest absolute Gasteiger partial charge is 0.250 e. The third-order valence-electron chi connectivity index (χ3n) is 5.47. The number of piperazine rings is 1. The van der Waals surface area contributed by atoms with E-state index in [4.69, 9.17) is 5.73 Å². The number of amides is 1. The molecule has 0 saturated carbocycles. The van der Waals surface area contributed by atoms with E-state index in [9.17, 15) is 4.79 Å². The normalized spacial score (nSPS) is 14.8. The molecule has 1 fully saturated rings. The number of nitrogens with two attached hydrogens (primary N) is 1. The van der Waals surface area contributed by atoms with Gasteiger partial charge in [-0.2, -0.15) is 0 Å². The summed E-state index contributed by atoms with van der Waals surface area (Å²) < 4.78 is 0. The first kappa shape index (κ1) is 20.2. The lowest BCUT2D eigenvalue weighted by Gasteiger charge is -2.37. The van der Waals surface area contributed by atoms with Crippen LogP contribution in [0, 0.1) is 0 Å².